The number of ether oxygens (including phenoxy) is 2. The number of rotatable bonds is 4. The third-order valence-electron chi connectivity index (χ3n) is 2.25. The topological polar surface area (TPSA) is 73.6 Å². The quantitative estimate of drug-likeness (QED) is 0.793. The predicted octanol–water partition coefficient (Wildman–Crippen LogP) is 1.42. The Kier molecular flexibility index (Phi) is 3.43. The Hall–Kier alpha value is -1.82. The normalized spacial score (nSPS) is 12.2. The van der Waals surface area contributed by atoms with Crippen molar-refractivity contribution in [3.63, 3.8) is 0 Å². The second-order valence-corrected chi connectivity index (χ2v) is 4.11. The maximum absolute atomic E-state index is 11.5. The van der Waals surface area contributed by atoms with Crippen LogP contribution in [-0.2, 0) is 4.79 Å². The Balaban J connectivity index is 1.95. The Labute approximate surface area is 104 Å². The Morgan fingerprint density at radius 1 is 1.35 bits per heavy atom. The molecular formula is C11H12N2O3S. The van der Waals surface area contributed by atoms with Crippen molar-refractivity contribution in [2.45, 2.75) is 12.8 Å². The first-order valence-electron chi connectivity index (χ1n) is 5.13. The fraction of sp³-hybridized carbons (Fsp3) is 0.273. The first kappa shape index (κ1) is 11.7. The van der Waals surface area contributed by atoms with E-state index in [9.17, 15) is 4.79 Å². The van der Waals surface area contributed by atoms with Crippen molar-refractivity contribution in [3.8, 4) is 11.5 Å². The van der Waals surface area contributed by atoms with E-state index in [0.29, 0.717) is 28.6 Å². The molecule has 0 unspecified atom stereocenters. The molecule has 1 aliphatic heterocycles. The Morgan fingerprint density at radius 2 is 2.12 bits per heavy atom. The molecule has 0 radical (unpaired) electrons. The zero-order valence-electron chi connectivity index (χ0n) is 9.06. The van der Waals surface area contributed by atoms with Crippen LogP contribution in [0.4, 0.5) is 5.69 Å². The van der Waals surface area contributed by atoms with Gasteiger partial charge in [-0.2, -0.15) is 0 Å². The molecule has 0 atom stereocenters. The van der Waals surface area contributed by atoms with Crippen LogP contribution < -0.4 is 20.5 Å². The number of benzene rings is 1. The van der Waals surface area contributed by atoms with Crippen LogP contribution in [0, 0.1) is 0 Å². The molecule has 0 spiro atoms. The minimum Gasteiger partial charge on any atom is -0.454 e. The summed E-state index contributed by atoms with van der Waals surface area (Å²) in [6, 6.07) is 5.23. The summed E-state index contributed by atoms with van der Waals surface area (Å²) in [6.07, 6.45) is 0.690. The molecule has 0 fully saturated rings. The monoisotopic (exact) mass is 252 g/mol. The van der Waals surface area contributed by atoms with Crippen molar-refractivity contribution in [2.75, 3.05) is 12.1 Å². The third-order valence-corrected chi connectivity index (χ3v) is 2.46. The largest absolute Gasteiger partial charge is 0.454 e. The van der Waals surface area contributed by atoms with E-state index in [1.807, 2.05) is 0 Å². The van der Waals surface area contributed by atoms with Crippen LogP contribution in [0.2, 0.25) is 0 Å². The number of anilines is 1. The lowest BCUT2D eigenvalue weighted by Gasteiger charge is -2.05. The highest BCUT2D eigenvalue weighted by Crippen LogP contribution is 2.34. The van der Waals surface area contributed by atoms with Gasteiger partial charge in [0.05, 0.1) is 4.99 Å². The van der Waals surface area contributed by atoms with Crippen molar-refractivity contribution >= 4 is 28.8 Å². The average Bonchev–Trinajstić information content (AvgIpc) is 2.73. The van der Waals surface area contributed by atoms with Gasteiger partial charge in [-0.05, 0) is 12.1 Å². The molecule has 0 saturated heterocycles. The van der Waals surface area contributed by atoms with E-state index in [0.717, 1.165) is 0 Å². The number of hydrogen-bond acceptors (Lipinski definition) is 4. The second kappa shape index (κ2) is 5.01. The number of nitrogens with one attached hydrogen (secondary N) is 1. The molecule has 6 heteroatoms. The molecule has 0 bridgehead atoms. The van der Waals surface area contributed by atoms with Crippen LogP contribution in [0.15, 0.2) is 18.2 Å². The minimum absolute atomic E-state index is 0.128. The summed E-state index contributed by atoms with van der Waals surface area (Å²) in [7, 11) is 0. The van der Waals surface area contributed by atoms with Gasteiger partial charge in [-0.1, -0.05) is 12.2 Å². The van der Waals surface area contributed by atoms with Gasteiger partial charge < -0.3 is 20.5 Å². The first-order valence-corrected chi connectivity index (χ1v) is 5.54. The van der Waals surface area contributed by atoms with Crippen LogP contribution in [0.5, 0.6) is 11.5 Å². The Morgan fingerprint density at radius 3 is 2.88 bits per heavy atom. The summed E-state index contributed by atoms with van der Waals surface area (Å²) < 4.78 is 10.4. The number of amides is 1. The van der Waals surface area contributed by atoms with Gasteiger partial charge in [-0.15, -0.1) is 0 Å². The number of fused-ring (bicyclic) bond motifs is 1. The van der Waals surface area contributed by atoms with Gasteiger partial charge in [0.2, 0.25) is 12.7 Å². The van der Waals surface area contributed by atoms with Gasteiger partial charge in [0.15, 0.2) is 11.5 Å². The summed E-state index contributed by atoms with van der Waals surface area (Å²) in [6.45, 7) is 0.216. The van der Waals surface area contributed by atoms with Crippen molar-refractivity contribution in [1.82, 2.24) is 0 Å². The van der Waals surface area contributed by atoms with Gasteiger partial charge >= 0.3 is 0 Å². The van der Waals surface area contributed by atoms with E-state index in [-0.39, 0.29) is 19.1 Å². The molecule has 3 N–H and O–H groups in total. The van der Waals surface area contributed by atoms with Crippen molar-refractivity contribution in [1.29, 1.82) is 0 Å². The molecule has 1 aromatic carbocycles. The molecule has 90 valence electrons. The summed E-state index contributed by atoms with van der Waals surface area (Å²) in [5.41, 5.74) is 5.99. The zero-order valence-corrected chi connectivity index (χ0v) is 9.88. The highest BCUT2D eigenvalue weighted by Gasteiger charge is 2.13. The van der Waals surface area contributed by atoms with Gasteiger partial charge in [0.1, 0.15) is 0 Å². The zero-order chi connectivity index (χ0) is 12.3. The summed E-state index contributed by atoms with van der Waals surface area (Å²) in [5, 5.41) is 2.74. The van der Waals surface area contributed by atoms with Crippen LogP contribution in [-0.4, -0.2) is 17.7 Å². The van der Waals surface area contributed by atoms with E-state index in [2.05, 4.69) is 5.32 Å². The molecule has 17 heavy (non-hydrogen) atoms. The molecule has 0 aliphatic carbocycles. The van der Waals surface area contributed by atoms with Gasteiger partial charge in [-0.3, -0.25) is 4.79 Å². The standard InChI is InChI=1S/C11H12N2O3S/c12-10(17)3-4-11(14)13-7-1-2-8-9(5-7)16-6-15-8/h1-2,5H,3-4,6H2,(H2,12,17)(H,13,14). The third kappa shape index (κ3) is 3.07. The molecule has 5 nitrogen and oxygen atoms in total. The van der Waals surface area contributed by atoms with E-state index < -0.39 is 0 Å². The Bertz CT molecular complexity index is 462. The lowest BCUT2D eigenvalue weighted by Crippen LogP contribution is -2.15. The highest BCUT2D eigenvalue weighted by molar-refractivity contribution is 7.80. The lowest BCUT2D eigenvalue weighted by molar-refractivity contribution is -0.116. The van der Waals surface area contributed by atoms with E-state index >= 15 is 0 Å². The smallest absolute Gasteiger partial charge is 0.231 e. The maximum atomic E-state index is 11.5. The highest BCUT2D eigenvalue weighted by atomic mass is 32.1. The van der Waals surface area contributed by atoms with Gasteiger partial charge in [0.25, 0.3) is 0 Å². The van der Waals surface area contributed by atoms with Crippen molar-refractivity contribution < 1.29 is 14.3 Å². The van der Waals surface area contributed by atoms with E-state index in [1.54, 1.807) is 18.2 Å². The predicted molar refractivity (Wildman–Crippen MR) is 67.2 cm³/mol. The van der Waals surface area contributed by atoms with E-state index in [1.165, 1.54) is 0 Å². The van der Waals surface area contributed by atoms with Crippen LogP contribution in [0.25, 0.3) is 0 Å². The number of thiocarbonyl (C=S) groups is 1. The fourth-order valence-electron chi connectivity index (χ4n) is 1.43. The average molecular weight is 252 g/mol. The second-order valence-electron chi connectivity index (χ2n) is 3.58. The molecule has 2 rings (SSSR count). The minimum atomic E-state index is -0.128. The number of carbonyl (C=O) groups is 1. The SMILES string of the molecule is NC(=S)CCC(=O)Nc1ccc2c(c1)OCO2. The fourth-order valence-corrected chi connectivity index (χ4v) is 1.54. The van der Waals surface area contributed by atoms with Crippen molar-refractivity contribution in [2.24, 2.45) is 5.73 Å². The van der Waals surface area contributed by atoms with Crippen LogP contribution in [0.1, 0.15) is 12.8 Å². The molecular weight excluding hydrogens is 240 g/mol. The number of carbonyl (C=O) groups excluding carboxylic acids is 1. The van der Waals surface area contributed by atoms with E-state index in [4.69, 9.17) is 27.4 Å². The molecule has 1 amide bonds. The van der Waals surface area contributed by atoms with Gasteiger partial charge in [-0.25, -0.2) is 0 Å². The molecule has 0 aromatic heterocycles. The molecule has 1 aromatic rings. The maximum Gasteiger partial charge on any atom is 0.231 e. The molecule has 1 heterocycles. The summed E-state index contributed by atoms with van der Waals surface area (Å²) in [5.74, 6) is 1.19. The lowest BCUT2D eigenvalue weighted by atomic mass is 10.2. The molecule has 1 aliphatic rings. The van der Waals surface area contributed by atoms with Gasteiger partial charge in [0, 0.05) is 24.6 Å². The molecule has 0 saturated carbocycles. The summed E-state index contributed by atoms with van der Waals surface area (Å²) in [4.78, 5) is 11.9. The number of hydrogen-bond donors (Lipinski definition) is 2. The van der Waals surface area contributed by atoms with Crippen LogP contribution >= 0.6 is 12.2 Å². The number of nitrogens with two attached hydrogens (primary N) is 1. The summed E-state index contributed by atoms with van der Waals surface area (Å²) >= 11 is 4.70. The first-order chi connectivity index (χ1) is 8.15. The van der Waals surface area contributed by atoms with Crippen LogP contribution in [0.3, 0.4) is 0 Å². The van der Waals surface area contributed by atoms with Crippen molar-refractivity contribution in [3.05, 3.63) is 18.2 Å².